The summed E-state index contributed by atoms with van der Waals surface area (Å²) in [5.74, 6) is -1.52. The molecule has 0 saturated heterocycles. The molecule has 0 bridgehead atoms. The Kier molecular flexibility index (Phi) is 7.60. The van der Waals surface area contributed by atoms with Gasteiger partial charge in [-0.05, 0) is 44.4 Å². The fourth-order valence-corrected chi connectivity index (χ4v) is 1.97. The van der Waals surface area contributed by atoms with Crippen molar-refractivity contribution in [1.82, 2.24) is 5.32 Å². The topological polar surface area (TPSA) is 21.3 Å². The van der Waals surface area contributed by atoms with Crippen LogP contribution in [0, 0.1) is 11.6 Å². The van der Waals surface area contributed by atoms with Crippen LogP contribution in [0.5, 0.6) is 0 Å². The highest BCUT2D eigenvalue weighted by molar-refractivity contribution is 5.20. The maximum absolute atomic E-state index is 13.6. The summed E-state index contributed by atoms with van der Waals surface area (Å²) in [5, 5.41) is 3.35. The average molecular weight is 271 g/mol. The third-order valence-corrected chi connectivity index (χ3v) is 3.00. The van der Waals surface area contributed by atoms with Crippen LogP contribution in [0.4, 0.5) is 8.78 Å². The summed E-state index contributed by atoms with van der Waals surface area (Å²) in [6.45, 7) is 6.20. The summed E-state index contributed by atoms with van der Waals surface area (Å²) in [4.78, 5) is 0. The quantitative estimate of drug-likeness (QED) is 0.696. The summed E-state index contributed by atoms with van der Waals surface area (Å²) < 4.78 is 32.1. The molecule has 0 radical (unpaired) electrons. The minimum atomic E-state index is -0.781. The molecule has 0 aliphatic rings. The van der Waals surface area contributed by atoms with Crippen LogP contribution in [-0.2, 0) is 11.2 Å². The van der Waals surface area contributed by atoms with E-state index in [1.165, 1.54) is 0 Å². The number of benzene rings is 1. The molecule has 1 rings (SSSR count). The largest absolute Gasteiger partial charge is 0.382 e. The molecule has 1 aromatic rings. The molecule has 0 spiro atoms. The van der Waals surface area contributed by atoms with Gasteiger partial charge in [0.15, 0.2) is 11.6 Å². The van der Waals surface area contributed by atoms with E-state index in [1.807, 2.05) is 6.92 Å². The van der Waals surface area contributed by atoms with Crippen molar-refractivity contribution in [3.8, 4) is 0 Å². The van der Waals surface area contributed by atoms with Crippen molar-refractivity contribution in [3.63, 3.8) is 0 Å². The van der Waals surface area contributed by atoms with Gasteiger partial charge in [0, 0.05) is 19.3 Å². The van der Waals surface area contributed by atoms with E-state index in [4.69, 9.17) is 4.74 Å². The molecule has 0 amide bonds. The van der Waals surface area contributed by atoms with Crippen LogP contribution in [0.25, 0.3) is 0 Å². The molecule has 0 aromatic heterocycles. The van der Waals surface area contributed by atoms with Crippen molar-refractivity contribution in [2.75, 3.05) is 19.8 Å². The minimum absolute atomic E-state index is 0.114. The van der Waals surface area contributed by atoms with E-state index in [0.29, 0.717) is 25.2 Å². The van der Waals surface area contributed by atoms with E-state index in [1.54, 1.807) is 12.1 Å². The summed E-state index contributed by atoms with van der Waals surface area (Å²) >= 11 is 0. The predicted octanol–water partition coefficient (Wildman–Crippen LogP) is 3.30. The van der Waals surface area contributed by atoms with Crippen LogP contribution in [0.3, 0.4) is 0 Å². The zero-order valence-corrected chi connectivity index (χ0v) is 11.7. The van der Waals surface area contributed by atoms with Crippen LogP contribution in [0.2, 0.25) is 0 Å². The van der Waals surface area contributed by atoms with Crippen molar-refractivity contribution in [1.29, 1.82) is 0 Å². The van der Waals surface area contributed by atoms with Gasteiger partial charge in [-0.15, -0.1) is 0 Å². The Bertz CT molecular complexity index is 371. The lowest BCUT2D eigenvalue weighted by Gasteiger charge is -2.19. The summed E-state index contributed by atoms with van der Waals surface area (Å²) in [7, 11) is 0. The standard InChI is InChI=1S/C15H23F2NO/c1-3-9-18-13(8-10-19-4-2)11-12-6-5-7-14(16)15(12)17/h5-7,13,18H,3-4,8-11H2,1-2H3. The summed E-state index contributed by atoms with van der Waals surface area (Å²) in [6, 6.07) is 4.45. The van der Waals surface area contributed by atoms with Crippen molar-refractivity contribution in [3.05, 3.63) is 35.4 Å². The average Bonchev–Trinajstić information content (AvgIpc) is 2.41. The molecule has 1 unspecified atom stereocenters. The predicted molar refractivity (Wildman–Crippen MR) is 73.3 cm³/mol. The molecule has 0 saturated carbocycles. The molecule has 2 nitrogen and oxygen atoms in total. The molecule has 0 heterocycles. The smallest absolute Gasteiger partial charge is 0.162 e. The first-order valence-corrected chi connectivity index (χ1v) is 6.93. The van der Waals surface area contributed by atoms with E-state index in [-0.39, 0.29) is 6.04 Å². The maximum Gasteiger partial charge on any atom is 0.162 e. The Hall–Kier alpha value is -1.00. The van der Waals surface area contributed by atoms with Gasteiger partial charge < -0.3 is 10.1 Å². The van der Waals surface area contributed by atoms with E-state index < -0.39 is 11.6 Å². The number of hydrogen-bond acceptors (Lipinski definition) is 2. The number of nitrogens with one attached hydrogen (secondary N) is 1. The molecule has 0 aliphatic heterocycles. The molecule has 0 aliphatic carbocycles. The molecule has 1 N–H and O–H groups in total. The molecule has 1 aromatic carbocycles. The number of hydrogen-bond donors (Lipinski definition) is 1. The monoisotopic (exact) mass is 271 g/mol. The van der Waals surface area contributed by atoms with E-state index in [9.17, 15) is 8.78 Å². The maximum atomic E-state index is 13.6. The molecule has 0 fully saturated rings. The molecule has 19 heavy (non-hydrogen) atoms. The SMILES string of the molecule is CCCNC(CCOCC)Cc1cccc(F)c1F. The van der Waals surface area contributed by atoms with Gasteiger partial charge in [-0.25, -0.2) is 8.78 Å². The van der Waals surface area contributed by atoms with Crippen LogP contribution >= 0.6 is 0 Å². The Labute approximate surface area is 114 Å². The first-order valence-electron chi connectivity index (χ1n) is 6.93. The fourth-order valence-electron chi connectivity index (χ4n) is 1.97. The highest BCUT2D eigenvalue weighted by Crippen LogP contribution is 2.14. The number of halogens is 2. The van der Waals surface area contributed by atoms with Crippen molar-refractivity contribution >= 4 is 0 Å². The lowest BCUT2D eigenvalue weighted by molar-refractivity contribution is 0.136. The summed E-state index contributed by atoms with van der Waals surface area (Å²) in [5.41, 5.74) is 0.421. The zero-order chi connectivity index (χ0) is 14.1. The Morgan fingerprint density at radius 2 is 2.05 bits per heavy atom. The van der Waals surface area contributed by atoms with Gasteiger partial charge in [-0.1, -0.05) is 19.1 Å². The number of ether oxygens (including phenoxy) is 1. The molecule has 4 heteroatoms. The lowest BCUT2D eigenvalue weighted by atomic mass is 10.0. The van der Waals surface area contributed by atoms with Gasteiger partial charge in [-0.2, -0.15) is 0 Å². The third kappa shape index (κ3) is 5.66. The Morgan fingerprint density at radius 1 is 1.26 bits per heavy atom. The Balaban J connectivity index is 2.61. The van der Waals surface area contributed by atoms with Gasteiger partial charge in [0.2, 0.25) is 0 Å². The van der Waals surface area contributed by atoms with Gasteiger partial charge in [-0.3, -0.25) is 0 Å². The van der Waals surface area contributed by atoms with Crippen molar-refractivity contribution < 1.29 is 13.5 Å². The molecule has 108 valence electrons. The minimum Gasteiger partial charge on any atom is -0.382 e. The summed E-state index contributed by atoms with van der Waals surface area (Å²) in [6.07, 6.45) is 2.29. The van der Waals surface area contributed by atoms with Crippen molar-refractivity contribution in [2.45, 2.75) is 39.2 Å². The number of rotatable bonds is 9. The van der Waals surface area contributed by atoms with Crippen LogP contribution in [0.1, 0.15) is 32.3 Å². The first-order chi connectivity index (χ1) is 9.19. The van der Waals surface area contributed by atoms with E-state index in [2.05, 4.69) is 12.2 Å². The first kappa shape index (κ1) is 16.1. The fraction of sp³-hybridized carbons (Fsp3) is 0.600. The highest BCUT2D eigenvalue weighted by atomic mass is 19.2. The molecular weight excluding hydrogens is 248 g/mol. The van der Waals surface area contributed by atoms with E-state index >= 15 is 0 Å². The second kappa shape index (κ2) is 8.99. The molecule has 1 atom stereocenters. The normalized spacial score (nSPS) is 12.6. The molecular formula is C15H23F2NO. The van der Waals surface area contributed by atoms with E-state index in [0.717, 1.165) is 25.5 Å². The van der Waals surface area contributed by atoms with Crippen molar-refractivity contribution in [2.24, 2.45) is 0 Å². The van der Waals surface area contributed by atoms with Crippen LogP contribution in [0.15, 0.2) is 18.2 Å². The van der Waals surface area contributed by atoms with Gasteiger partial charge in [0.05, 0.1) is 0 Å². The zero-order valence-electron chi connectivity index (χ0n) is 11.7. The van der Waals surface area contributed by atoms with Crippen LogP contribution in [-0.4, -0.2) is 25.8 Å². The highest BCUT2D eigenvalue weighted by Gasteiger charge is 2.14. The van der Waals surface area contributed by atoms with Gasteiger partial charge in [0.25, 0.3) is 0 Å². The van der Waals surface area contributed by atoms with Crippen LogP contribution < -0.4 is 5.32 Å². The van der Waals surface area contributed by atoms with Gasteiger partial charge >= 0.3 is 0 Å². The third-order valence-electron chi connectivity index (χ3n) is 3.00. The Morgan fingerprint density at radius 3 is 2.74 bits per heavy atom. The second-order valence-electron chi connectivity index (χ2n) is 4.55. The van der Waals surface area contributed by atoms with Gasteiger partial charge in [0.1, 0.15) is 0 Å². The lowest BCUT2D eigenvalue weighted by Crippen LogP contribution is -2.33. The second-order valence-corrected chi connectivity index (χ2v) is 4.55.